The smallest absolute Gasteiger partial charge is 0.139 e. The number of halogens is 1. The Labute approximate surface area is 158 Å². The van der Waals surface area contributed by atoms with Crippen molar-refractivity contribution < 1.29 is 29.0 Å². The summed E-state index contributed by atoms with van der Waals surface area (Å²) in [5, 5.41) is 14.6. The molecule has 0 aliphatic rings. The zero-order valence-electron chi connectivity index (χ0n) is 13.9. The van der Waals surface area contributed by atoms with E-state index >= 15 is 0 Å². The molecule has 2 nitrogen and oxygen atoms in total. The van der Waals surface area contributed by atoms with Gasteiger partial charge in [-0.1, -0.05) is 54.6 Å². The Morgan fingerprint density at radius 1 is 0.800 bits per heavy atom. The molecule has 0 bridgehead atoms. The second-order valence-electron chi connectivity index (χ2n) is 5.88. The van der Waals surface area contributed by atoms with E-state index in [1.807, 2.05) is 54.6 Å². The molecule has 1 aromatic heterocycles. The van der Waals surface area contributed by atoms with Crippen LogP contribution >= 0.6 is 0 Å². The van der Waals surface area contributed by atoms with Gasteiger partial charge in [0, 0.05) is 24.9 Å². The Morgan fingerprint density at radius 3 is 2.00 bits per heavy atom. The quantitative estimate of drug-likeness (QED) is 0.351. The van der Waals surface area contributed by atoms with E-state index in [2.05, 4.69) is 4.98 Å². The molecule has 1 heterocycles. The van der Waals surface area contributed by atoms with E-state index in [1.165, 1.54) is 6.92 Å². The summed E-state index contributed by atoms with van der Waals surface area (Å²) in [5.41, 5.74) is 1.59. The van der Waals surface area contributed by atoms with Crippen molar-refractivity contribution in [2.24, 2.45) is 0 Å². The zero-order chi connectivity index (χ0) is 16.7. The van der Waals surface area contributed by atoms with Gasteiger partial charge >= 0.3 is 0 Å². The van der Waals surface area contributed by atoms with Crippen LogP contribution in [0.15, 0.2) is 66.7 Å². The molecule has 0 saturated heterocycles. The Bertz CT molecular complexity index is 1060. The molecular weight excluding hydrogens is 367 g/mol. The van der Waals surface area contributed by atoms with Crippen LogP contribution in [0.3, 0.4) is 0 Å². The van der Waals surface area contributed by atoms with Gasteiger partial charge in [-0.05, 0) is 35.2 Å². The summed E-state index contributed by atoms with van der Waals surface area (Å²) >= 11 is 0. The molecule has 4 aromatic rings. The number of benzene rings is 3. The van der Waals surface area contributed by atoms with E-state index in [-0.39, 0.29) is 25.2 Å². The van der Waals surface area contributed by atoms with Crippen LogP contribution in [0, 0.1) is 0 Å². The summed E-state index contributed by atoms with van der Waals surface area (Å²) in [6.45, 7) is 1.46. The third-order valence-electron chi connectivity index (χ3n) is 4.34. The number of rotatable bonds is 2. The molecule has 0 fully saturated rings. The molecule has 4 heteroatoms. The van der Waals surface area contributed by atoms with Crippen molar-refractivity contribution >= 4 is 21.5 Å². The van der Waals surface area contributed by atoms with Gasteiger partial charge in [0.2, 0.25) is 0 Å². The maximum Gasteiger partial charge on any atom is 0.139 e. The first-order valence-electron chi connectivity index (χ1n) is 7.90. The third-order valence-corrected chi connectivity index (χ3v) is 4.34. The molecule has 0 aliphatic heterocycles. The summed E-state index contributed by atoms with van der Waals surface area (Å²) in [4.78, 5) is 4.43. The molecule has 0 spiro atoms. The molecule has 0 aliphatic carbocycles. The Hall–Kier alpha value is -2.32. The number of alkyl halides is 1. The SMILES string of the molecule is CC(F)c1cccc(-c2c(O)c3ccccc3c3ccccc23)n1.[Zn]. The van der Waals surface area contributed by atoms with Crippen LogP contribution in [0.1, 0.15) is 18.8 Å². The normalized spacial score (nSPS) is 12.1. The fourth-order valence-electron chi connectivity index (χ4n) is 3.19. The maximum atomic E-state index is 13.7. The second kappa shape index (κ2) is 6.89. The van der Waals surface area contributed by atoms with Gasteiger partial charge in [-0.25, -0.2) is 9.37 Å². The van der Waals surface area contributed by atoms with Gasteiger partial charge in [0.15, 0.2) is 0 Å². The second-order valence-corrected chi connectivity index (χ2v) is 5.88. The number of phenolic OH excluding ortho intramolecular Hbond substituents is 1. The van der Waals surface area contributed by atoms with Crippen LogP contribution in [0.4, 0.5) is 4.39 Å². The predicted octanol–water partition coefficient (Wildman–Crippen LogP) is 5.79. The number of hydrogen-bond acceptors (Lipinski definition) is 2. The monoisotopic (exact) mass is 381 g/mol. The predicted molar refractivity (Wildman–Crippen MR) is 95.9 cm³/mol. The van der Waals surface area contributed by atoms with Gasteiger partial charge in [-0.15, -0.1) is 0 Å². The molecule has 1 unspecified atom stereocenters. The first-order chi connectivity index (χ1) is 11.7. The fourth-order valence-corrected chi connectivity index (χ4v) is 3.19. The van der Waals surface area contributed by atoms with Crippen molar-refractivity contribution in [2.45, 2.75) is 13.1 Å². The summed E-state index contributed by atoms with van der Waals surface area (Å²) in [7, 11) is 0. The van der Waals surface area contributed by atoms with E-state index in [1.54, 1.807) is 12.1 Å². The van der Waals surface area contributed by atoms with Crippen molar-refractivity contribution in [2.75, 3.05) is 0 Å². The topological polar surface area (TPSA) is 33.1 Å². The van der Waals surface area contributed by atoms with Crippen LogP contribution in [-0.4, -0.2) is 10.1 Å². The van der Waals surface area contributed by atoms with Gasteiger partial charge < -0.3 is 5.11 Å². The van der Waals surface area contributed by atoms with Crippen molar-refractivity contribution in [1.29, 1.82) is 0 Å². The zero-order valence-corrected chi connectivity index (χ0v) is 16.9. The van der Waals surface area contributed by atoms with E-state index in [0.717, 1.165) is 21.5 Å². The molecule has 4 rings (SSSR count). The molecule has 1 N–H and O–H groups in total. The van der Waals surface area contributed by atoms with Gasteiger partial charge in [-0.2, -0.15) is 0 Å². The molecule has 0 saturated carbocycles. The van der Waals surface area contributed by atoms with E-state index in [4.69, 9.17) is 0 Å². The van der Waals surface area contributed by atoms with Crippen molar-refractivity contribution in [3.05, 3.63) is 72.4 Å². The average Bonchev–Trinajstić information content (AvgIpc) is 2.62. The van der Waals surface area contributed by atoms with Crippen LogP contribution in [0.25, 0.3) is 32.8 Å². The number of aromatic hydroxyl groups is 1. The van der Waals surface area contributed by atoms with Crippen molar-refractivity contribution in [1.82, 2.24) is 4.98 Å². The minimum Gasteiger partial charge on any atom is -0.507 e. The fraction of sp³-hybridized carbons (Fsp3) is 0.0952. The van der Waals surface area contributed by atoms with E-state index in [9.17, 15) is 9.50 Å². The Morgan fingerprint density at radius 2 is 1.36 bits per heavy atom. The summed E-state index contributed by atoms with van der Waals surface area (Å²) in [5.74, 6) is 0.181. The summed E-state index contributed by atoms with van der Waals surface area (Å²) < 4.78 is 13.7. The van der Waals surface area contributed by atoms with Gasteiger partial charge in [0.25, 0.3) is 0 Å². The molecule has 25 heavy (non-hydrogen) atoms. The van der Waals surface area contributed by atoms with Gasteiger partial charge in [0.05, 0.1) is 17.0 Å². The Kier molecular flexibility index (Phi) is 4.83. The molecule has 0 radical (unpaired) electrons. The van der Waals surface area contributed by atoms with Crippen molar-refractivity contribution in [3.63, 3.8) is 0 Å². The molecule has 3 aromatic carbocycles. The molecule has 120 valence electrons. The van der Waals surface area contributed by atoms with Gasteiger partial charge in [0.1, 0.15) is 11.9 Å². The number of pyridine rings is 1. The van der Waals surface area contributed by atoms with Gasteiger partial charge in [-0.3, -0.25) is 0 Å². The third kappa shape index (κ3) is 2.92. The average molecular weight is 383 g/mol. The minimum absolute atomic E-state index is 0. The molecule has 1 atom stereocenters. The number of phenols is 1. The minimum atomic E-state index is -1.15. The van der Waals surface area contributed by atoms with Crippen LogP contribution in [-0.2, 0) is 19.5 Å². The largest absolute Gasteiger partial charge is 0.507 e. The van der Waals surface area contributed by atoms with E-state index < -0.39 is 6.17 Å². The Balaban J connectivity index is 0.00000182. The summed E-state index contributed by atoms with van der Waals surface area (Å²) in [6.07, 6.45) is -1.15. The van der Waals surface area contributed by atoms with Crippen LogP contribution in [0.2, 0.25) is 0 Å². The van der Waals surface area contributed by atoms with Crippen molar-refractivity contribution in [3.8, 4) is 17.0 Å². The standard InChI is InChI=1S/C21H16FNO.Zn/c1-13(22)18-11-6-12-19(23-18)20-16-9-4-2-7-14(16)15-8-3-5-10-17(15)21(20)24;/h2-13,24H,1H3;. The molecule has 0 amide bonds. The number of hydrogen-bond donors (Lipinski definition) is 1. The number of aromatic nitrogens is 1. The van der Waals surface area contributed by atoms with E-state index in [0.29, 0.717) is 17.0 Å². The first kappa shape index (κ1) is 17.5. The first-order valence-corrected chi connectivity index (χ1v) is 7.90. The number of nitrogens with zero attached hydrogens (tertiary/aromatic N) is 1. The van der Waals surface area contributed by atoms with Crippen LogP contribution in [0.5, 0.6) is 5.75 Å². The summed E-state index contributed by atoms with van der Waals surface area (Å²) in [6, 6.07) is 20.9. The number of fused-ring (bicyclic) bond motifs is 3. The van der Waals surface area contributed by atoms with Crippen LogP contribution < -0.4 is 0 Å². The molecular formula is C21H16FNOZn. The maximum absolute atomic E-state index is 13.7.